The van der Waals surface area contributed by atoms with Gasteiger partial charge in [-0.15, -0.1) is 0 Å². The van der Waals surface area contributed by atoms with Gasteiger partial charge < -0.3 is 0 Å². The Morgan fingerprint density at radius 1 is 0.926 bits per heavy atom. The minimum atomic E-state index is -3.75. The average Bonchev–Trinajstić information content (AvgIpc) is 2.93. The van der Waals surface area contributed by atoms with Crippen molar-refractivity contribution in [3.05, 3.63) is 42.2 Å². The van der Waals surface area contributed by atoms with Gasteiger partial charge in [0.2, 0.25) is 20.0 Å². The van der Waals surface area contributed by atoms with Crippen LogP contribution in [0.4, 0.5) is 0 Å². The predicted molar refractivity (Wildman–Crippen MR) is 96.5 cm³/mol. The Kier molecular flexibility index (Phi) is 5.34. The molecule has 27 heavy (non-hydrogen) atoms. The maximum absolute atomic E-state index is 12.8. The van der Waals surface area contributed by atoms with Gasteiger partial charge in [-0.2, -0.15) is 19.0 Å². The zero-order valence-electron chi connectivity index (χ0n) is 14.7. The number of rotatable bonds is 4. The summed E-state index contributed by atoms with van der Waals surface area (Å²) in [4.78, 5) is 0.179. The standard InChI is InChI=1S/C16H19N5O4S2/c1-19-13-16(12-18-19)27(24,25)21-8-2-7-20(9-10-21)26(22,23)15-5-3-14(11-17)4-6-15/h3-6,12-13H,2,7-10H2,1H3. The number of benzene rings is 1. The number of hydrogen-bond donors (Lipinski definition) is 0. The van der Waals surface area contributed by atoms with E-state index in [0.29, 0.717) is 12.0 Å². The smallest absolute Gasteiger partial charge is 0.246 e. The van der Waals surface area contributed by atoms with Crippen molar-refractivity contribution < 1.29 is 16.8 Å². The predicted octanol–water partition coefficient (Wildman–Crippen LogP) is 0.377. The summed E-state index contributed by atoms with van der Waals surface area (Å²) >= 11 is 0. The first-order valence-electron chi connectivity index (χ1n) is 8.24. The highest BCUT2D eigenvalue weighted by atomic mass is 32.2. The molecule has 11 heteroatoms. The van der Waals surface area contributed by atoms with E-state index in [4.69, 9.17) is 5.26 Å². The first kappa shape index (κ1) is 19.5. The quantitative estimate of drug-likeness (QED) is 0.721. The number of aryl methyl sites for hydroxylation is 1. The molecular formula is C16H19N5O4S2. The number of nitriles is 1. The van der Waals surface area contributed by atoms with Crippen LogP contribution in [0.5, 0.6) is 0 Å². The van der Waals surface area contributed by atoms with E-state index in [2.05, 4.69) is 5.10 Å². The Morgan fingerprint density at radius 2 is 1.48 bits per heavy atom. The van der Waals surface area contributed by atoms with Crippen LogP contribution < -0.4 is 0 Å². The molecular weight excluding hydrogens is 390 g/mol. The van der Waals surface area contributed by atoms with Gasteiger partial charge in [0.1, 0.15) is 4.90 Å². The van der Waals surface area contributed by atoms with E-state index in [1.54, 1.807) is 7.05 Å². The molecule has 9 nitrogen and oxygen atoms in total. The van der Waals surface area contributed by atoms with E-state index < -0.39 is 20.0 Å². The van der Waals surface area contributed by atoms with Crippen molar-refractivity contribution in [3.63, 3.8) is 0 Å². The molecule has 1 aromatic carbocycles. The van der Waals surface area contributed by atoms with Crippen LogP contribution in [0.15, 0.2) is 46.5 Å². The Labute approximate surface area is 158 Å². The molecule has 1 saturated heterocycles. The van der Waals surface area contributed by atoms with E-state index in [1.807, 2.05) is 6.07 Å². The van der Waals surface area contributed by atoms with Crippen molar-refractivity contribution in [2.75, 3.05) is 26.2 Å². The second-order valence-corrected chi connectivity index (χ2v) is 10.0. The van der Waals surface area contributed by atoms with Gasteiger partial charge in [-0.25, -0.2) is 16.8 Å². The van der Waals surface area contributed by atoms with Gasteiger partial charge in [0.25, 0.3) is 0 Å². The number of nitrogens with zero attached hydrogens (tertiary/aromatic N) is 5. The van der Waals surface area contributed by atoms with Gasteiger partial charge in [0.05, 0.1) is 22.7 Å². The van der Waals surface area contributed by atoms with Crippen LogP contribution in [-0.2, 0) is 27.1 Å². The SMILES string of the molecule is Cn1cc(S(=O)(=O)N2CCCN(S(=O)(=O)c3ccc(C#N)cc3)CC2)cn1. The molecule has 0 atom stereocenters. The highest BCUT2D eigenvalue weighted by molar-refractivity contribution is 7.89. The molecule has 2 heterocycles. The number of sulfonamides is 2. The van der Waals surface area contributed by atoms with Gasteiger partial charge in [0.15, 0.2) is 0 Å². The van der Waals surface area contributed by atoms with Crippen LogP contribution >= 0.6 is 0 Å². The molecule has 0 radical (unpaired) electrons. The maximum Gasteiger partial charge on any atom is 0.246 e. The second-order valence-electron chi connectivity index (χ2n) is 6.15. The summed E-state index contributed by atoms with van der Waals surface area (Å²) in [6.45, 7) is 0.576. The van der Waals surface area contributed by atoms with Crippen molar-refractivity contribution >= 4 is 20.0 Å². The summed E-state index contributed by atoms with van der Waals surface area (Å²) in [5, 5.41) is 12.7. The largest absolute Gasteiger partial charge is 0.274 e. The molecule has 0 bridgehead atoms. The normalized spacial score (nSPS) is 17.3. The summed E-state index contributed by atoms with van der Waals surface area (Å²) in [7, 11) is -5.84. The third kappa shape index (κ3) is 3.89. The lowest BCUT2D eigenvalue weighted by Gasteiger charge is -2.21. The van der Waals surface area contributed by atoms with E-state index in [1.165, 1.54) is 50.0 Å². The Bertz CT molecular complexity index is 1070. The second kappa shape index (κ2) is 7.40. The highest BCUT2D eigenvalue weighted by Crippen LogP contribution is 2.21. The summed E-state index contributed by atoms with van der Waals surface area (Å²) in [5.74, 6) is 0. The summed E-state index contributed by atoms with van der Waals surface area (Å²) in [6.07, 6.45) is 3.09. The lowest BCUT2D eigenvalue weighted by molar-refractivity contribution is 0.404. The minimum Gasteiger partial charge on any atom is -0.274 e. The van der Waals surface area contributed by atoms with Gasteiger partial charge >= 0.3 is 0 Å². The van der Waals surface area contributed by atoms with Crippen molar-refractivity contribution in [1.29, 1.82) is 5.26 Å². The summed E-state index contributed by atoms with van der Waals surface area (Å²) in [5.41, 5.74) is 0.374. The molecule has 144 valence electrons. The molecule has 0 spiro atoms. The molecule has 1 aliphatic rings. The van der Waals surface area contributed by atoms with E-state index in [-0.39, 0.29) is 36.0 Å². The van der Waals surface area contributed by atoms with Gasteiger partial charge in [-0.1, -0.05) is 0 Å². The molecule has 2 aromatic rings. The summed E-state index contributed by atoms with van der Waals surface area (Å²) in [6, 6.07) is 7.63. The fourth-order valence-corrected chi connectivity index (χ4v) is 5.81. The first-order chi connectivity index (χ1) is 12.7. The topological polar surface area (TPSA) is 116 Å². The van der Waals surface area contributed by atoms with Crippen molar-refractivity contribution in [2.45, 2.75) is 16.2 Å². The van der Waals surface area contributed by atoms with E-state index in [9.17, 15) is 16.8 Å². The van der Waals surface area contributed by atoms with Crippen molar-refractivity contribution in [1.82, 2.24) is 18.4 Å². The third-order valence-electron chi connectivity index (χ3n) is 4.35. The van der Waals surface area contributed by atoms with Crippen LogP contribution in [0.25, 0.3) is 0 Å². The molecule has 0 N–H and O–H groups in total. The van der Waals surface area contributed by atoms with Gasteiger partial charge in [-0.3, -0.25) is 4.68 Å². The van der Waals surface area contributed by atoms with Gasteiger partial charge in [-0.05, 0) is 30.7 Å². The molecule has 1 aromatic heterocycles. The number of hydrogen-bond acceptors (Lipinski definition) is 6. The maximum atomic E-state index is 12.8. The van der Waals surface area contributed by atoms with Crippen molar-refractivity contribution in [2.24, 2.45) is 7.05 Å². The number of aromatic nitrogens is 2. The molecule has 0 amide bonds. The zero-order valence-corrected chi connectivity index (χ0v) is 16.3. The van der Waals surface area contributed by atoms with Crippen LogP contribution in [-0.4, -0.2) is 61.4 Å². The zero-order chi connectivity index (χ0) is 19.7. The lowest BCUT2D eigenvalue weighted by atomic mass is 10.2. The monoisotopic (exact) mass is 409 g/mol. The third-order valence-corrected chi connectivity index (χ3v) is 8.12. The molecule has 3 rings (SSSR count). The molecule has 0 saturated carbocycles. The molecule has 1 aliphatic heterocycles. The van der Waals surface area contributed by atoms with Crippen LogP contribution in [0, 0.1) is 11.3 Å². The molecule has 1 fully saturated rings. The van der Waals surface area contributed by atoms with Crippen LogP contribution in [0.2, 0.25) is 0 Å². The molecule has 0 unspecified atom stereocenters. The highest BCUT2D eigenvalue weighted by Gasteiger charge is 2.32. The average molecular weight is 409 g/mol. The lowest BCUT2D eigenvalue weighted by Crippen LogP contribution is -2.37. The minimum absolute atomic E-state index is 0.0574. The fraction of sp³-hybridized carbons (Fsp3) is 0.375. The summed E-state index contributed by atoms with van der Waals surface area (Å²) < 4.78 is 55.1. The fourth-order valence-electron chi connectivity index (χ4n) is 2.88. The van der Waals surface area contributed by atoms with Crippen LogP contribution in [0.3, 0.4) is 0 Å². The van der Waals surface area contributed by atoms with E-state index >= 15 is 0 Å². The van der Waals surface area contributed by atoms with E-state index in [0.717, 1.165) is 0 Å². The molecule has 0 aliphatic carbocycles. The van der Waals surface area contributed by atoms with Crippen molar-refractivity contribution in [3.8, 4) is 6.07 Å². The Hall–Kier alpha value is -2.26. The van der Waals surface area contributed by atoms with Gasteiger partial charge in [0, 0.05) is 39.4 Å². The Morgan fingerprint density at radius 3 is 1.96 bits per heavy atom. The first-order valence-corrected chi connectivity index (χ1v) is 11.1. The van der Waals surface area contributed by atoms with Crippen LogP contribution in [0.1, 0.15) is 12.0 Å². The Balaban J connectivity index is 1.79.